The summed E-state index contributed by atoms with van der Waals surface area (Å²) in [6.07, 6.45) is 3.92. The molecule has 7 heteroatoms. The van der Waals surface area contributed by atoms with E-state index >= 15 is 0 Å². The van der Waals surface area contributed by atoms with Crippen molar-refractivity contribution in [3.05, 3.63) is 58.2 Å². The van der Waals surface area contributed by atoms with Crippen molar-refractivity contribution in [1.29, 1.82) is 0 Å². The Balaban J connectivity index is 1.92. The Kier molecular flexibility index (Phi) is 3.87. The van der Waals surface area contributed by atoms with E-state index < -0.39 is 4.92 Å². The maximum Gasteiger partial charge on any atom is 0.270 e. The molecule has 1 aromatic carbocycles. The molecule has 0 atom stereocenters. The molecule has 0 aliphatic carbocycles. The Hall–Kier alpha value is -2.70. The maximum absolute atomic E-state index is 11.8. The third-order valence-corrected chi connectivity index (χ3v) is 2.52. The van der Waals surface area contributed by atoms with Gasteiger partial charge in [0, 0.05) is 43.1 Å². The third kappa shape index (κ3) is 3.38. The summed E-state index contributed by atoms with van der Waals surface area (Å²) >= 11 is 0. The van der Waals surface area contributed by atoms with E-state index in [2.05, 4.69) is 15.3 Å². The van der Waals surface area contributed by atoms with Crippen LogP contribution in [-0.4, -0.2) is 27.3 Å². The van der Waals surface area contributed by atoms with Crippen molar-refractivity contribution in [2.75, 3.05) is 6.54 Å². The Bertz CT molecular complexity index is 580. The molecular formula is C12H12N4O3. The number of carbonyl (C=O) groups excluding carboxylic acids is 1. The number of aromatic amines is 1. The Labute approximate surface area is 108 Å². The highest BCUT2D eigenvalue weighted by Gasteiger charge is 2.10. The molecule has 0 bridgehead atoms. The van der Waals surface area contributed by atoms with Gasteiger partial charge in [0.05, 0.1) is 4.92 Å². The highest BCUT2D eigenvalue weighted by Crippen LogP contribution is 2.12. The van der Waals surface area contributed by atoms with E-state index in [4.69, 9.17) is 0 Å². The molecule has 2 N–H and O–H groups in total. The molecule has 1 heterocycles. The van der Waals surface area contributed by atoms with Crippen LogP contribution >= 0.6 is 0 Å². The fourth-order valence-electron chi connectivity index (χ4n) is 1.59. The summed E-state index contributed by atoms with van der Waals surface area (Å²) in [7, 11) is 0. The number of aromatic nitrogens is 2. The van der Waals surface area contributed by atoms with Gasteiger partial charge in [-0.15, -0.1) is 0 Å². The molecule has 19 heavy (non-hydrogen) atoms. The summed E-state index contributed by atoms with van der Waals surface area (Å²) in [5.41, 5.74) is 0.173. The lowest BCUT2D eigenvalue weighted by Crippen LogP contribution is -2.25. The summed E-state index contributed by atoms with van der Waals surface area (Å²) in [5.74, 6) is 0.439. The van der Waals surface area contributed by atoms with Gasteiger partial charge < -0.3 is 10.3 Å². The second-order valence-corrected chi connectivity index (χ2v) is 3.85. The van der Waals surface area contributed by atoms with Crippen LogP contribution in [-0.2, 0) is 6.42 Å². The SMILES string of the molecule is O=C(NCCc1ncc[nH]1)c1cccc([N+](=O)[O-])c1. The average molecular weight is 260 g/mol. The van der Waals surface area contributed by atoms with Gasteiger partial charge in [-0.2, -0.15) is 0 Å². The molecule has 0 spiro atoms. The minimum Gasteiger partial charge on any atom is -0.352 e. The number of amides is 1. The minimum atomic E-state index is -0.528. The van der Waals surface area contributed by atoms with Gasteiger partial charge in [0.1, 0.15) is 5.82 Å². The second-order valence-electron chi connectivity index (χ2n) is 3.85. The van der Waals surface area contributed by atoms with E-state index in [0.717, 1.165) is 5.82 Å². The van der Waals surface area contributed by atoms with Crippen LogP contribution in [0.4, 0.5) is 5.69 Å². The van der Waals surface area contributed by atoms with Gasteiger partial charge in [0.15, 0.2) is 0 Å². The van der Waals surface area contributed by atoms with Crippen LogP contribution in [0.25, 0.3) is 0 Å². The fraction of sp³-hybridized carbons (Fsp3) is 0.167. The number of hydrogen-bond acceptors (Lipinski definition) is 4. The van der Waals surface area contributed by atoms with Gasteiger partial charge in [-0.25, -0.2) is 4.98 Å². The Morgan fingerprint density at radius 3 is 3.00 bits per heavy atom. The van der Waals surface area contributed by atoms with E-state index in [9.17, 15) is 14.9 Å². The molecule has 7 nitrogen and oxygen atoms in total. The number of nitrogens with zero attached hydrogens (tertiary/aromatic N) is 2. The van der Waals surface area contributed by atoms with Gasteiger partial charge >= 0.3 is 0 Å². The smallest absolute Gasteiger partial charge is 0.270 e. The van der Waals surface area contributed by atoms with E-state index in [1.54, 1.807) is 12.4 Å². The number of hydrogen-bond donors (Lipinski definition) is 2. The van der Waals surface area contributed by atoms with Crippen molar-refractivity contribution < 1.29 is 9.72 Å². The molecule has 1 aromatic heterocycles. The topological polar surface area (TPSA) is 101 Å². The molecule has 0 fully saturated rings. The number of rotatable bonds is 5. The van der Waals surface area contributed by atoms with Gasteiger partial charge in [0.25, 0.3) is 11.6 Å². The summed E-state index contributed by atoms with van der Waals surface area (Å²) in [6.45, 7) is 0.412. The van der Waals surface area contributed by atoms with Crippen LogP contribution in [0.1, 0.15) is 16.2 Å². The minimum absolute atomic E-state index is 0.0984. The standard InChI is InChI=1S/C12H12N4O3/c17-12(15-5-4-11-13-6-7-14-11)9-2-1-3-10(8-9)16(18)19/h1-3,6-8H,4-5H2,(H,13,14)(H,15,17). The molecule has 0 aliphatic rings. The first-order chi connectivity index (χ1) is 9.16. The number of nitro benzene ring substituents is 1. The van der Waals surface area contributed by atoms with Crippen LogP contribution in [0.3, 0.4) is 0 Å². The quantitative estimate of drug-likeness (QED) is 0.624. The van der Waals surface area contributed by atoms with Crippen molar-refractivity contribution in [3.63, 3.8) is 0 Å². The van der Waals surface area contributed by atoms with Crippen molar-refractivity contribution in [3.8, 4) is 0 Å². The van der Waals surface area contributed by atoms with Crippen LogP contribution in [0.2, 0.25) is 0 Å². The predicted octanol–water partition coefficient (Wildman–Crippen LogP) is 1.29. The largest absolute Gasteiger partial charge is 0.352 e. The van der Waals surface area contributed by atoms with Crippen molar-refractivity contribution in [1.82, 2.24) is 15.3 Å². The zero-order chi connectivity index (χ0) is 13.7. The normalized spacial score (nSPS) is 10.1. The van der Waals surface area contributed by atoms with E-state index in [1.165, 1.54) is 24.3 Å². The number of non-ortho nitro benzene ring substituents is 1. The monoisotopic (exact) mass is 260 g/mol. The Morgan fingerprint density at radius 1 is 1.47 bits per heavy atom. The van der Waals surface area contributed by atoms with E-state index in [0.29, 0.717) is 13.0 Å². The number of carbonyl (C=O) groups is 1. The molecular weight excluding hydrogens is 248 g/mol. The number of benzene rings is 1. The second kappa shape index (κ2) is 5.76. The van der Waals surface area contributed by atoms with Crippen molar-refractivity contribution in [2.24, 2.45) is 0 Å². The van der Waals surface area contributed by atoms with Crippen LogP contribution in [0.5, 0.6) is 0 Å². The highest BCUT2D eigenvalue weighted by atomic mass is 16.6. The molecule has 0 saturated carbocycles. The molecule has 0 radical (unpaired) electrons. The summed E-state index contributed by atoms with van der Waals surface area (Å²) in [6, 6.07) is 5.62. The van der Waals surface area contributed by atoms with Crippen molar-refractivity contribution in [2.45, 2.75) is 6.42 Å². The van der Waals surface area contributed by atoms with Gasteiger partial charge in [-0.1, -0.05) is 6.07 Å². The molecule has 0 aliphatic heterocycles. The van der Waals surface area contributed by atoms with E-state index in [1.807, 2.05) is 0 Å². The van der Waals surface area contributed by atoms with Crippen LogP contribution in [0.15, 0.2) is 36.7 Å². The average Bonchev–Trinajstić information content (AvgIpc) is 2.92. The summed E-state index contributed by atoms with van der Waals surface area (Å²) < 4.78 is 0. The lowest BCUT2D eigenvalue weighted by Gasteiger charge is -2.03. The molecule has 98 valence electrons. The van der Waals surface area contributed by atoms with Gasteiger partial charge in [-0.05, 0) is 6.07 Å². The van der Waals surface area contributed by atoms with Crippen molar-refractivity contribution >= 4 is 11.6 Å². The van der Waals surface area contributed by atoms with Crippen LogP contribution in [0, 0.1) is 10.1 Å². The first-order valence-corrected chi connectivity index (χ1v) is 5.68. The predicted molar refractivity (Wildman–Crippen MR) is 67.7 cm³/mol. The molecule has 0 unspecified atom stereocenters. The first-order valence-electron chi connectivity index (χ1n) is 5.68. The lowest BCUT2D eigenvalue weighted by atomic mass is 10.2. The molecule has 0 saturated heterocycles. The zero-order valence-electron chi connectivity index (χ0n) is 10.00. The number of imidazole rings is 1. The number of nitro groups is 1. The molecule has 2 aromatic rings. The fourth-order valence-corrected chi connectivity index (χ4v) is 1.59. The maximum atomic E-state index is 11.8. The Morgan fingerprint density at radius 2 is 2.32 bits per heavy atom. The summed E-state index contributed by atoms with van der Waals surface area (Å²) in [5, 5.41) is 13.3. The van der Waals surface area contributed by atoms with Gasteiger partial charge in [0.2, 0.25) is 0 Å². The third-order valence-electron chi connectivity index (χ3n) is 2.52. The summed E-state index contributed by atoms with van der Waals surface area (Å²) in [4.78, 5) is 28.8. The molecule has 2 rings (SSSR count). The first kappa shape index (κ1) is 12.7. The van der Waals surface area contributed by atoms with Crippen LogP contribution < -0.4 is 5.32 Å². The number of nitrogens with one attached hydrogen (secondary N) is 2. The van der Waals surface area contributed by atoms with Gasteiger partial charge in [-0.3, -0.25) is 14.9 Å². The zero-order valence-corrected chi connectivity index (χ0v) is 10.00. The number of H-pyrrole nitrogens is 1. The lowest BCUT2D eigenvalue weighted by molar-refractivity contribution is -0.384. The highest BCUT2D eigenvalue weighted by molar-refractivity contribution is 5.94. The molecule has 1 amide bonds. The van der Waals surface area contributed by atoms with E-state index in [-0.39, 0.29) is 17.2 Å².